The molecule has 0 aliphatic rings. The van der Waals surface area contributed by atoms with E-state index in [9.17, 15) is 0 Å². The molecule has 21 heavy (non-hydrogen) atoms. The van der Waals surface area contributed by atoms with Gasteiger partial charge in [0, 0.05) is 19.6 Å². The van der Waals surface area contributed by atoms with Crippen molar-refractivity contribution in [1.29, 1.82) is 5.41 Å². The van der Waals surface area contributed by atoms with Crippen molar-refractivity contribution >= 4 is 5.84 Å². The molecule has 0 fully saturated rings. The largest absolute Gasteiger partial charge is 0.496 e. The highest BCUT2D eigenvalue weighted by Crippen LogP contribution is 2.20. The highest BCUT2D eigenvalue weighted by molar-refractivity contribution is 5.97. The number of nitrogens with one attached hydrogen (secondary N) is 1. The maximum absolute atomic E-state index is 7.55. The van der Waals surface area contributed by atoms with Crippen LogP contribution in [0.4, 0.5) is 0 Å². The van der Waals surface area contributed by atoms with E-state index < -0.39 is 0 Å². The summed E-state index contributed by atoms with van der Waals surface area (Å²) in [4.78, 5) is 4.63. The summed E-state index contributed by atoms with van der Waals surface area (Å²) in [6.07, 6.45) is 1.14. The molecule has 0 saturated heterocycles. The normalized spacial score (nSPS) is 11.1. The van der Waals surface area contributed by atoms with E-state index in [1.807, 2.05) is 18.2 Å². The van der Waals surface area contributed by atoms with E-state index in [0.717, 1.165) is 32.6 Å². The van der Waals surface area contributed by atoms with Crippen LogP contribution in [0.3, 0.4) is 0 Å². The van der Waals surface area contributed by atoms with Crippen molar-refractivity contribution in [3.63, 3.8) is 0 Å². The zero-order valence-electron chi connectivity index (χ0n) is 13.6. The SMILES string of the molecule is CCCN(CCN(C)C)Cc1ccc(C(=N)N)c(OC)c1. The van der Waals surface area contributed by atoms with Gasteiger partial charge in [0.1, 0.15) is 11.6 Å². The van der Waals surface area contributed by atoms with Crippen LogP contribution in [-0.4, -0.2) is 56.5 Å². The quantitative estimate of drug-likeness (QED) is 0.537. The Labute approximate surface area is 128 Å². The van der Waals surface area contributed by atoms with Crippen LogP contribution in [-0.2, 0) is 6.54 Å². The third-order valence-corrected chi connectivity index (χ3v) is 3.37. The number of methoxy groups -OCH3 is 1. The van der Waals surface area contributed by atoms with Crippen molar-refractivity contribution in [3.05, 3.63) is 29.3 Å². The number of nitrogen functional groups attached to an aromatic ring is 1. The predicted octanol–water partition coefficient (Wildman–Crippen LogP) is 1.75. The number of benzene rings is 1. The Morgan fingerprint density at radius 3 is 2.48 bits per heavy atom. The summed E-state index contributed by atoms with van der Waals surface area (Å²) in [6.45, 7) is 6.24. The fraction of sp³-hybridized carbons (Fsp3) is 0.562. The van der Waals surface area contributed by atoms with E-state index in [1.165, 1.54) is 5.56 Å². The Bertz CT molecular complexity index is 460. The summed E-state index contributed by atoms with van der Waals surface area (Å²) in [5.41, 5.74) is 7.39. The highest BCUT2D eigenvalue weighted by atomic mass is 16.5. The summed E-state index contributed by atoms with van der Waals surface area (Å²) >= 11 is 0. The average molecular weight is 292 g/mol. The summed E-state index contributed by atoms with van der Waals surface area (Å²) in [7, 11) is 5.80. The number of hydrogen-bond acceptors (Lipinski definition) is 4. The van der Waals surface area contributed by atoms with Crippen LogP contribution in [0.15, 0.2) is 18.2 Å². The van der Waals surface area contributed by atoms with Crippen LogP contribution in [0.5, 0.6) is 5.75 Å². The predicted molar refractivity (Wildman–Crippen MR) is 88.1 cm³/mol. The molecule has 0 bridgehead atoms. The van der Waals surface area contributed by atoms with Gasteiger partial charge in [-0.05, 0) is 44.8 Å². The maximum Gasteiger partial charge on any atom is 0.130 e. The zero-order valence-corrected chi connectivity index (χ0v) is 13.6. The number of nitrogens with zero attached hydrogens (tertiary/aromatic N) is 2. The zero-order chi connectivity index (χ0) is 15.8. The fourth-order valence-corrected chi connectivity index (χ4v) is 2.24. The average Bonchev–Trinajstić information content (AvgIpc) is 2.44. The second kappa shape index (κ2) is 8.64. The molecule has 1 aromatic carbocycles. The number of likely N-dealkylation sites (N-methyl/N-ethyl adjacent to an activating group) is 1. The molecule has 1 aromatic rings. The molecule has 0 saturated carbocycles. The van der Waals surface area contributed by atoms with Gasteiger partial charge in [-0.2, -0.15) is 0 Å². The molecule has 0 aliphatic heterocycles. The molecule has 0 spiro atoms. The molecule has 5 nitrogen and oxygen atoms in total. The van der Waals surface area contributed by atoms with Crippen molar-refractivity contribution < 1.29 is 4.74 Å². The van der Waals surface area contributed by atoms with Crippen molar-refractivity contribution in [3.8, 4) is 5.75 Å². The number of amidine groups is 1. The first kappa shape index (κ1) is 17.5. The van der Waals surface area contributed by atoms with Crippen molar-refractivity contribution in [2.45, 2.75) is 19.9 Å². The molecule has 0 radical (unpaired) electrons. The van der Waals surface area contributed by atoms with Gasteiger partial charge in [-0.1, -0.05) is 13.0 Å². The van der Waals surface area contributed by atoms with E-state index in [-0.39, 0.29) is 5.84 Å². The Hall–Kier alpha value is -1.59. The lowest BCUT2D eigenvalue weighted by atomic mass is 10.1. The molecule has 0 atom stereocenters. The molecule has 0 heterocycles. The molecule has 0 aromatic heterocycles. The van der Waals surface area contributed by atoms with Gasteiger partial charge in [0.25, 0.3) is 0 Å². The van der Waals surface area contributed by atoms with E-state index in [1.54, 1.807) is 7.11 Å². The molecule has 5 heteroatoms. The fourth-order valence-electron chi connectivity index (χ4n) is 2.24. The van der Waals surface area contributed by atoms with Gasteiger partial charge in [-0.15, -0.1) is 0 Å². The monoisotopic (exact) mass is 292 g/mol. The Morgan fingerprint density at radius 2 is 1.95 bits per heavy atom. The van der Waals surface area contributed by atoms with E-state index in [2.05, 4.69) is 30.8 Å². The Balaban J connectivity index is 2.80. The molecule has 1 rings (SSSR count). The molecule has 3 N–H and O–H groups in total. The molecule has 118 valence electrons. The summed E-state index contributed by atoms with van der Waals surface area (Å²) < 4.78 is 5.34. The summed E-state index contributed by atoms with van der Waals surface area (Å²) in [5.74, 6) is 0.709. The van der Waals surface area contributed by atoms with E-state index >= 15 is 0 Å². The van der Waals surface area contributed by atoms with Crippen LogP contribution >= 0.6 is 0 Å². The van der Waals surface area contributed by atoms with Gasteiger partial charge >= 0.3 is 0 Å². The van der Waals surface area contributed by atoms with Gasteiger partial charge in [0.2, 0.25) is 0 Å². The third-order valence-electron chi connectivity index (χ3n) is 3.37. The number of rotatable bonds is 9. The topological polar surface area (TPSA) is 65.6 Å². The van der Waals surface area contributed by atoms with Gasteiger partial charge in [-0.3, -0.25) is 10.3 Å². The van der Waals surface area contributed by atoms with Gasteiger partial charge in [0.15, 0.2) is 0 Å². The number of nitrogens with two attached hydrogens (primary N) is 1. The minimum Gasteiger partial charge on any atom is -0.496 e. The lowest BCUT2D eigenvalue weighted by Gasteiger charge is -2.24. The van der Waals surface area contributed by atoms with Gasteiger partial charge in [-0.25, -0.2) is 0 Å². The molecule has 0 amide bonds. The third kappa shape index (κ3) is 5.73. The van der Waals surface area contributed by atoms with Crippen molar-refractivity contribution in [2.24, 2.45) is 5.73 Å². The minimum atomic E-state index is 0.0384. The maximum atomic E-state index is 7.55. The van der Waals surface area contributed by atoms with Crippen molar-refractivity contribution in [2.75, 3.05) is 40.8 Å². The lowest BCUT2D eigenvalue weighted by molar-refractivity contribution is 0.234. The standard InChI is InChI=1S/C16H28N4O/c1-5-8-20(10-9-19(2)3)12-13-6-7-14(16(17)18)15(11-13)21-4/h6-7,11H,5,8-10,12H2,1-4H3,(H3,17,18). The van der Waals surface area contributed by atoms with Gasteiger partial charge < -0.3 is 15.4 Å². The van der Waals surface area contributed by atoms with E-state index in [0.29, 0.717) is 11.3 Å². The Morgan fingerprint density at radius 1 is 1.24 bits per heavy atom. The van der Waals surface area contributed by atoms with E-state index in [4.69, 9.17) is 15.9 Å². The molecule has 0 unspecified atom stereocenters. The smallest absolute Gasteiger partial charge is 0.130 e. The summed E-state index contributed by atoms with van der Waals surface area (Å²) in [5, 5.41) is 7.55. The van der Waals surface area contributed by atoms with Crippen LogP contribution in [0.25, 0.3) is 0 Å². The highest BCUT2D eigenvalue weighted by Gasteiger charge is 2.10. The molecule has 0 aliphatic carbocycles. The van der Waals surface area contributed by atoms with Crippen LogP contribution < -0.4 is 10.5 Å². The summed E-state index contributed by atoms with van der Waals surface area (Å²) in [6, 6.07) is 5.87. The van der Waals surface area contributed by atoms with Crippen LogP contribution in [0.2, 0.25) is 0 Å². The second-order valence-corrected chi connectivity index (χ2v) is 5.53. The first-order chi connectivity index (χ1) is 9.97. The first-order valence-electron chi connectivity index (χ1n) is 7.36. The molecular formula is C16H28N4O. The minimum absolute atomic E-state index is 0.0384. The lowest BCUT2D eigenvalue weighted by Crippen LogP contribution is -2.32. The van der Waals surface area contributed by atoms with Crippen LogP contribution in [0.1, 0.15) is 24.5 Å². The first-order valence-corrected chi connectivity index (χ1v) is 7.36. The Kier molecular flexibility index (Phi) is 7.19. The van der Waals surface area contributed by atoms with Crippen molar-refractivity contribution in [1.82, 2.24) is 9.80 Å². The number of hydrogen-bond donors (Lipinski definition) is 2. The second-order valence-electron chi connectivity index (χ2n) is 5.53. The molecular weight excluding hydrogens is 264 g/mol. The van der Waals surface area contributed by atoms with Crippen LogP contribution in [0, 0.1) is 5.41 Å². The number of ether oxygens (including phenoxy) is 1. The van der Waals surface area contributed by atoms with Gasteiger partial charge in [0.05, 0.1) is 12.7 Å².